The van der Waals surface area contributed by atoms with Gasteiger partial charge in [0.05, 0.1) is 0 Å². The second-order valence-electron chi connectivity index (χ2n) is 1.32. The third-order valence-corrected chi connectivity index (χ3v) is 1.10. The summed E-state index contributed by atoms with van der Waals surface area (Å²) in [6.07, 6.45) is 1.63. The van der Waals surface area contributed by atoms with Crippen LogP contribution in [0.25, 0.3) is 0 Å². The van der Waals surface area contributed by atoms with Crippen LogP contribution in [0.4, 0.5) is 0 Å². The van der Waals surface area contributed by atoms with Crippen LogP contribution in [-0.4, -0.2) is 5.10 Å². The normalized spacial score (nSPS) is 8.25. The molecule has 38 valence electrons. The number of rotatable bonds is 0. The molecule has 4 heteroatoms. The summed E-state index contributed by atoms with van der Waals surface area (Å²) in [6, 6.07) is 0. The van der Waals surface area contributed by atoms with Gasteiger partial charge in [-0.2, -0.15) is 6.20 Å². The van der Waals surface area contributed by atoms with E-state index in [9.17, 15) is 0 Å². The van der Waals surface area contributed by atoms with Crippen molar-refractivity contribution in [2.24, 2.45) is 0 Å². The SMILES string of the molecule is Cc1c[n-]nc1Cl.[K+]. The van der Waals surface area contributed by atoms with Crippen molar-refractivity contribution in [2.75, 3.05) is 0 Å². The summed E-state index contributed by atoms with van der Waals surface area (Å²) in [7, 11) is 0. The smallest absolute Gasteiger partial charge is 0.580 e. The standard InChI is InChI=1S/C4H4ClN2.K/c1-3-2-6-7-4(3)5;/h2H,1H3;/q-1;+1. The molecule has 0 amide bonds. The van der Waals surface area contributed by atoms with Gasteiger partial charge in [-0.15, -0.1) is 0 Å². The fraction of sp³-hybridized carbons (Fsp3) is 0.250. The maximum absolute atomic E-state index is 5.45. The van der Waals surface area contributed by atoms with Gasteiger partial charge in [0.2, 0.25) is 0 Å². The first-order valence-electron chi connectivity index (χ1n) is 1.91. The van der Waals surface area contributed by atoms with Gasteiger partial charge >= 0.3 is 51.4 Å². The molecule has 0 unspecified atom stereocenters. The predicted octanol–water partition coefficient (Wildman–Crippen LogP) is -2.00. The molecular weight excluding hydrogens is 151 g/mol. The minimum atomic E-state index is 0. The van der Waals surface area contributed by atoms with Crippen LogP contribution in [0.2, 0.25) is 5.15 Å². The van der Waals surface area contributed by atoms with Gasteiger partial charge in [0.1, 0.15) is 5.15 Å². The number of aryl methyl sites for hydroxylation is 1. The number of nitrogens with zero attached hydrogens (tertiary/aromatic N) is 2. The molecule has 0 aromatic carbocycles. The van der Waals surface area contributed by atoms with E-state index in [1.54, 1.807) is 6.20 Å². The van der Waals surface area contributed by atoms with Crippen LogP contribution in [0.5, 0.6) is 0 Å². The molecule has 0 saturated heterocycles. The van der Waals surface area contributed by atoms with E-state index in [0.29, 0.717) is 5.15 Å². The van der Waals surface area contributed by atoms with Crippen LogP contribution < -0.4 is 56.5 Å². The van der Waals surface area contributed by atoms with Crippen molar-refractivity contribution in [3.63, 3.8) is 0 Å². The zero-order valence-electron chi connectivity index (χ0n) is 4.85. The topological polar surface area (TPSA) is 27.0 Å². The average molecular weight is 155 g/mol. The Labute approximate surface area is 95.4 Å². The van der Waals surface area contributed by atoms with Gasteiger partial charge in [0, 0.05) is 0 Å². The summed E-state index contributed by atoms with van der Waals surface area (Å²) in [4.78, 5) is 0. The van der Waals surface area contributed by atoms with Crippen LogP contribution in [-0.2, 0) is 0 Å². The van der Waals surface area contributed by atoms with Gasteiger partial charge in [-0.05, 0) is 12.5 Å². The minimum Gasteiger partial charge on any atom is -0.580 e. The Bertz CT molecular complexity index is 146. The molecule has 0 saturated carbocycles. The number of halogens is 1. The molecule has 0 bridgehead atoms. The van der Waals surface area contributed by atoms with Crippen molar-refractivity contribution >= 4 is 11.6 Å². The summed E-state index contributed by atoms with van der Waals surface area (Å²) >= 11 is 5.45. The van der Waals surface area contributed by atoms with E-state index < -0.39 is 0 Å². The van der Waals surface area contributed by atoms with Gasteiger partial charge < -0.3 is 10.2 Å². The summed E-state index contributed by atoms with van der Waals surface area (Å²) in [5.41, 5.74) is 0.932. The molecule has 0 aliphatic heterocycles. The number of aromatic nitrogens is 2. The largest absolute Gasteiger partial charge is 1.00 e. The molecule has 0 fully saturated rings. The molecule has 8 heavy (non-hydrogen) atoms. The van der Waals surface area contributed by atoms with E-state index >= 15 is 0 Å². The summed E-state index contributed by atoms with van der Waals surface area (Å²) in [6.45, 7) is 1.86. The second-order valence-corrected chi connectivity index (χ2v) is 1.68. The molecule has 1 aromatic rings. The minimum absolute atomic E-state index is 0. The van der Waals surface area contributed by atoms with E-state index in [4.69, 9.17) is 11.6 Å². The zero-order valence-corrected chi connectivity index (χ0v) is 8.73. The van der Waals surface area contributed by atoms with Gasteiger partial charge in [0.25, 0.3) is 0 Å². The predicted molar refractivity (Wildman–Crippen MR) is 27.3 cm³/mol. The van der Waals surface area contributed by atoms with Gasteiger partial charge in [-0.1, -0.05) is 11.6 Å². The van der Waals surface area contributed by atoms with Crippen LogP contribution >= 0.6 is 11.6 Å². The quantitative estimate of drug-likeness (QED) is 0.405. The molecule has 1 aromatic heterocycles. The van der Waals surface area contributed by atoms with E-state index in [0.717, 1.165) is 5.56 Å². The van der Waals surface area contributed by atoms with E-state index in [1.807, 2.05) is 6.92 Å². The first-order valence-corrected chi connectivity index (χ1v) is 2.29. The Morgan fingerprint density at radius 2 is 2.38 bits per heavy atom. The number of hydrogen-bond donors (Lipinski definition) is 0. The molecule has 0 radical (unpaired) electrons. The Morgan fingerprint density at radius 3 is 2.50 bits per heavy atom. The third-order valence-electron chi connectivity index (χ3n) is 0.722. The van der Waals surface area contributed by atoms with Crippen molar-refractivity contribution in [1.82, 2.24) is 10.2 Å². The van der Waals surface area contributed by atoms with Gasteiger partial charge in [-0.3, -0.25) is 0 Å². The van der Waals surface area contributed by atoms with Gasteiger partial charge in [0.15, 0.2) is 0 Å². The molecule has 1 heterocycles. The molecule has 0 aliphatic rings. The Hall–Kier alpha value is 1.14. The maximum atomic E-state index is 5.45. The molecule has 0 spiro atoms. The first-order chi connectivity index (χ1) is 3.30. The Morgan fingerprint density at radius 1 is 1.75 bits per heavy atom. The molecule has 0 atom stereocenters. The molecule has 2 nitrogen and oxygen atoms in total. The van der Waals surface area contributed by atoms with Gasteiger partial charge in [-0.25, -0.2) is 0 Å². The maximum Gasteiger partial charge on any atom is 1.00 e. The number of hydrogen-bond acceptors (Lipinski definition) is 1. The summed E-state index contributed by atoms with van der Waals surface area (Å²) < 4.78 is 0. The van der Waals surface area contributed by atoms with Crippen molar-refractivity contribution in [3.8, 4) is 0 Å². The molecule has 0 N–H and O–H groups in total. The average Bonchev–Trinajstić information content (AvgIpc) is 1.91. The first kappa shape index (κ1) is 9.14. The van der Waals surface area contributed by atoms with Crippen LogP contribution in [0.3, 0.4) is 0 Å². The monoisotopic (exact) mass is 154 g/mol. The Kier molecular flexibility index (Phi) is 4.61. The van der Waals surface area contributed by atoms with Crippen LogP contribution in [0.15, 0.2) is 6.20 Å². The summed E-state index contributed by atoms with van der Waals surface area (Å²) in [5.74, 6) is 0. The molecule has 1 rings (SSSR count). The summed E-state index contributed by atoms with van der Waals surface area (Å²) in [5, 5.41) is 7.57. The van der Waals surface area contributed by atoms with Crippen molar-refractivity contribution in [3.05, 3.63) is 16.9 Å². The van der Waals surface area contributed by atoms with Crippen molar-refractivity contribution in [1.29, 1.82) is 0 Å². The molecule has 0 aliphatic carbocycles. The second kappa shape index (κ2) is 4.03. The fourth-order valence-corrected chi connectivity index (χ4v) is 0.391. The third kappa shape index (κ3) is 2.17. The van der Waals surface area contributed by atoms with Crippen LogP contribution in [0.1, 0.15) is 5.56 Å². The van der Waals surface area contributed by atoms with Crippen molar-refractivity contribution < 1.29 is 51.4 Å². The van der Waals surface area contributed by atoms with Crippen molar-refractivity contribution in [2.45, 2.75) is 6.92 Å². The molecular formula is C4H4ClKN2. The van der Waals surface area contributed by atoms with E-state index in [2.05, 4.69) is 10.2 Å². The van der Waals surface area contributed by atoms with E-state index in [-0.39, 0.29) is 51.4 Å². The van der Waals surface area contributed by atoms with Crippen LogP contribution in [0, 0.1) is 6.92 Å². The fourth-order valence-electron chi connectivity index (χ4n) is 0.298. The van der Waals surface area contributed by atoms with E-state index in [1.165, 1.54) is 0 Å². The zero-order chi connectivity index (χ0) is 5.28. The Balaban J connectivity index is 0.000000490.